The summed E-state index contributed by atoms with van der Waals surface area (Å²) in [6, 6.07) is 0.0735. The Morgan fingerprint density at radius 2 is 1.71 bits per heavy atom. The van der Waals surface area contributed by atoms with Crippen molar-refractivity contribution in [3.63, 3.8) is 0 Å². The Bertz CT molecular complexity index is 289. The average molecular weight is 263 g/mol. The molecule has 0 rings (SSSR count). The number of hydrogen-bond donors (Lipinski definition) is 2. The molecule has 100 valence electrons. The van der Waals surface area contributed by atoms with Crippen molar-refractivity contribution in [2.45, 2.75) is 51.3 Å². The van der Waals surface area contributed by atoms with E-state index in [-0.39, 0.29) is 24.1 Å². The Morgan fingerprint density at radius 3 is 2.06 bits per heavy atom. The van der Waals surface area contributed by atoms with Crippen molar-refractivity contribution in [1.29, 1.82) is 0 Å². The van der Waals surface area contributed by atoms with Crippen LogP contribution in [0.5, 0.6) is 0 Å². The molecule has 17 heavy (non-hydrogen) atoms. The maximum Gasteiger partial charge on any atom is 0.319 e. The summed E-state index contributed by atoms with van der Waals surface area (Å²) in [5, 5.41) is 10.6. The van der Waals surface area contributed by atoms with Crippen LogP contribution in [0.1, 0.15) is 40.0 Å². The fourth-order valence-corrected chi connectivity index (χ4v) is 2.60. The Kier molecular flexibility index (Phi) is 7.78. The summed E-state index contributed by atoms with van der Waals surface area (Å²) in [5.41, 5.74) is 0. The molecule has 0 heterocycles. The first kappa shape index (κ1) is 16.1. The molecule has 0 aliphatic rings. The summed E-state index contributed by atoms with van der Waals surface area (Å²) in [6.45, 7) is 5.56. The van der Waals surface area contributed by atoms with E-state index in [0.717, 1.165) is 12.8 Å². The second-order valence-corrected chi connectivity index (χ2v) is 5.46. The van der Waals surface area contributed by atoms with Gasteiger partial charge in [-0.25, -0.2) is 0 Å². The first-order valence-corrected chi connectivity index (χ1v) is 7.23. The molecule has 1 amide bonds. The van der Waals surface area contributed by atoms with E-state index in [1.54, 1.807) is 6.92 Å². The van der Waals surface area contributed by atoms with Crippen molar-refractivity contribution >= 4 is 22.7 Å². The SMILES string of the molecule is CCC(CC)NC(=O)CS(=O)C(CC)C(=O)O. The molecule has 5 nitrogen and oxygen atoms in total. The minimum Gasteiger partial charge on any atom is -0.480 e. The maximum atomic E-state index is 11.7. The van der Waals surface area contributed by atoms with Crippen molar-refractivity contribution in [3.05, 3.63) is 0 Å². The molecule has 0 fully saturated rings. The summed E-state index contributed by atoms with van der Waals surface area (Å²) in [5.74, 6) is -1.68. The molecular formula is C11H21NO4S. The highest BCUT2D eigenvalue weighted by Crippen LogP contribution is 2.03. The van der Waals surface area contributed by atoms with Crippen LogP contribution < -0.4 is 5.32 Å². The van der Waals surface area contributed by atoms with Crippen LogP contribution in [0.2, 0.25) is 0 Å². The zero-order valence-electron chi connectivity index (χ0n) is 10.6. The lowest BCUT2D eigenvalue weighted by molar-refractivity contribution is -0.136. The Hall–Kier alpha value is -0.910. The number of rotatable bonds is 8. The Balaban J connectivity index is 4.28. The highest BCUT2D eigenvalue weighted by atomic mass is 32.2. The molecule has 2 atom stereocenters. The van der Waals surface area contributed by atoms with Gasteiger partial charge < -0.3 is 10.4 Å². The number of carboxylic acids is 1. The normalized spacial score (nSPS) is 14.4. The molecule has 2 unspecified atom stereocenters. The highest BCUT2D eigenvalue weighted by Gasteiger charge is 2.24. The molecule has 0 aromatic rings. The van der Waals surface area contributed by atoms with Crippen LogP contribution in [0.15, 0.2) is 0 Å². The predicted octanol–water partition coefficient (Wildman–Crippen LogP) is 0.903. The van der Waals surface area contributed by atoms with Gasteiger partial charge in [0.05, 0.1) is 0 Å². The van der Waals surface area contributed by atoms with Crippen molar-refractivity contribution in [2.24, 2.45) is 0 Å². The number of nitrogens with one attached hydrogen (secondary N) is 1. The van der Waals surface area contributed by atoms with Gasteiger partial charge in [0.1, 0.15) is 11.0 Å². The lowest BCUT2D eigenvalue weighted by Crippen LogP contribution is -2.39. The molecule has 0 bridgehead atoms. The molecule has 0 aliphatic carbocycles. The molecule has 0 aromatic carbocycles. The molecule has 0 saturated heterocycles. The zero-order valence-corrected chi connectivity index (χ0v) is 11.4. The van der Waals surface area contributed by atoms with Gasteiger partial charge in [0.25, 0.3) is 0 Å². The van der Waals surface area contributed by atoms with Gasteiger partial charge in [0.15, 0.2) is 0 Å². The number of carbonyl (C=O) groups excluding carboxylic acids is 1. The molecule has 0 aliphatic heterocycles. The lowest BCUT2D eigenvalue weighted by Gasteiger charge is -2.15. The van der Waals surface area contributed by atoms with Gasteiger partial charge in [-0.2, -0.15) is 0 Å². The fraction of sp³-hybridized carbons (Fsp3) is 0.818. The first-order chi connectivity index (χ1) is 7.96. The third-order valence-corrected chi connectivity index (χ3v) is 4.30. The van der Waals surface area contributed by atoms with Crippen LogP contribution in [-0.2, 0) is 20.4 Å². The number of carbonyl (C=O) groups is 2. The van der Waals surface area contributed by atoms with E-state index in [9.17, 15) is 13.8 Å². The molecule has 0 radical (unpaired) electrons. The smallest absolute Gasteiger partial charge is 0.319 e. The van der Waals surface area contributed by atoms with E-state index >= 15 is 0 Å². The van der Waals surface area contributed by atoms with Gasteiger partial charge in [0, 0.05) is 16.8 Å². The third kappa shape index (κ3) is 5.81. The van der Waals surface area contributed by atoms with Crippen LogP contribution in [-0.4, -0.2) is 38.2 Å². The van der Waals surface area contributed by atoms with Gasteiger partial charge >= 0.3 is 5.97 Å². The van der Waals surface area contributed by atoms with E-state index in [0.29, 0.717) is 0 Å². The highest BCUT2D eigenvalue weighted by molar-refractivity contribution is 7.87. The van der Waals surface area contributed by atoms with E-state index in [1.165, 1.54) is 0 Å². The minimum atomic E-state index is -1.65. The van der Waals surface area contributed by atoms with E-state index in [1.807, 2.05) is 13.8 Å². The van der Waals surface area contributed by atoms with Gasteiger partial charge in [-0.3, -0.25) is 13.8 Å². The number of aliphatic carboxylic acids is 1. The largest absolute Gasteiger partial charge is 0.480 e. The van der Waals surface area contributed by atoms with Crippen LogP contribution in [0.3, 0.4) is 0 Å². The molecule has 6 heteroatoms. The quantitative estimate of drug-likeness (QED) is 0.681. The summed E-state index contributed by atoms with van der Waals surface area (Å²) in [4.78, 5) is 22.3. The number of hydrogen-bond acceptors (Lipinski definition) is 3. The van der Waals surface area contributed by atoms with E-state index in [4.69, 9.17) is 5.11 Å². The van der Waals surface area contributed by atoms with Gasteiger partial charge in [-0.15, -0.1) is 0 Å². The van der Waals surface area contributed by atoms with Gasteiger partial charge in [-0.05, 0) is 19.3 Å². The first-order valence-electron chi connectivity index (χ1n) is 5.85. The average Bonchev–Trinajstić information content (AvgIpc) is 2.26. The molecule has 2 N–H and O–H groups in total. The van der Waals surface area contributed by atoms with Crippen molar-refractivity contribution in [1.82, 2.24) is 5.32 Å². The standard InChI is InChI=1S/C11H21NO4S/c1-4-8(5-2)12-10(13)7-17(16)9(6-3)11(14)15/h8-9H,4-7H2,1-3H3,(H,12,13)(H,14,15). The third-order valence-electron chi connectivity index (χ3n) is 2.59. The van der Waals surface area contributed by atoms with Crippen LogP contribution in [0.25, 0.3) is 0 Å². The van der Waals surface area contributed by atoms with Crippen LogP contribution in [0, 0.1) is 0 Å². The fourth-order valence-electron chi connectivity index (χ4n) is 1.46. The molecule has 0 saturated carbocycles. The topological polar surface area (TPSA) is 83.5 Å². The maximum absolute atomic E-state index is 11.7. The van der Waals surface area contributed by atoms with E-state index < -0.39 is 22.0 Å². The van der Waals surface area contributed by atoms with Gasteiger partial charge in [0.2, 0.25) is 5.91 Å². The summed E-state index contributed by atoms with van der Waals surface area (Å²) in [6.07, 6.45) is 1.89. The van der Waals surface area contributed by atoms with Crippen LogP contribution in [0.4, 0.5) is 0 Å². The minimum absolute atomic E-state index is 0.0735. The predicted molar refractivity (Wildman–Crippen MR) is 67.2 cm³/mol. The molecule has 0 aromatic heterocycles. The van der Waals surface area contributed by atoms with Crippen LogP contribution >= 0.6 is 0 Å². The molecule has 0 spiro atoms. The summed E-state index contributed by atoms with van der Waals surface area (Å²) in [7, 11) is -1.65. The van der Waals surface area contributed by atoms with Crippen molar-refractivity contribution in [3.8, 4) is 0 Å². The second kappa shape index (κ2) is 8.22. The number of carboxylic acid groups (broad SMARTS) is 1. The Morgan fingerprint density at radius 1 is 1.18 bits per heavy atom. The Labute approximate surface area is 104 Å². The summed E-state index contributed by atoms with van der Waals surface area (Å²) < 4.78 is 11.7. The zero-order chi connectivity index (χ0) is 13.4. The molecular weight excluding hydrogens is 242 g/mol. The van der Waals surface area contributed by atoms with Crippen molar-refractivity contribution in [2.75, 3.05) is 5.75 Å². The van der Waals surface area contributed by atoms with E-state index in [2.05, 4.69) is 5.32 Å². The van der Waals surface area contributed by atoms with Gasteiger partial charge in [-0.1, -0.05) is 20.8 Å². The summed E-state index contributed by atoms with van der Waals surface area (Å²) >= 11 is 0. The van der Waals surface area contributed by atoms with Crippen molar-refractivity contribution < 1.29 is 18.9 Å². The monoisotopic (exact) mass is 263 g/mol. The lowest BCUT2D eigenvalue weighted by atomic mass is 10.2. The number of amides is 1. The second-order valence-electron chi connectivity index (χ2n) is 3.84.